The zero-order valence-electron chi connectivity index (χ0n) is 9.95. The summed E-state index contributed by atoms with van der Waals surface area (Å²) in [6, 6.07) is 3.88. The molecule has 17 heavy (non-hydrogen) atoms. The summed E-state index contributed by atoms with van der Waals surface area (Å²) < 4.78 is 1.78. The number of nitrogens with zero attached hydrogens (tertiary/aromatic N) is 3. The molecule has 2 aromatic heterocycles. The predicted octanol–water partition coefficient (Wildman–Crippen LogP) is 1.35. The fraction of sp³-hybridized carbons (Fsp3) is 0.385. The average molecular weight is 231 g/mol. The summed E-state index contributed by atoms with van der Waals surface area (Å²) in [6.07, 6.45) is 9.33. The summed E-state index contributed by atoms with van der Waals surface area (Å²) in [6.45, 7) is 0. The number of aryl methyl sites for hydroxylation is 2. The minimum Gasteiger partial charge on any atom is -0.393 e. The van der Waals surface area contributed by atoms with Crippen LogP contribution in [0.25, 0.3) is 0 Å². The Labute approximate surface area is 101 Å². The van der Waals surface area contributed by atoms with Gasteiger partial charge in [0.1, 0.15) is 0 Å². The summed E-state index contributed by atoms with van der Waals surface area (Å²) >= 11 is 0. The van der Waals surface area contributed by atoms with Gasteiger partial charge >= 0.3 is 0 Å². The van der Waals surface area contributed by atoms with Crippen molar-refractivity contribution in [2.24, 2.45) is 7.05 Å². The van der Waals surface area contributed by atoms with Crippen molar-refractivity contribution >= 4 is 0 Å². The molecule has 2 aromatic rings. The molecular weight excluding hydrogens is 214 g/mol. The Morgan fingerprint density at radius 2 is 2.06 bits per heavy atom. The summed E-state index contributed by atoms with van der Waals surface area (Å²) in [7, 11) is 1.90. The zero-order valence-corrected chi connectivity index (χ0v) is 9.95. The average Bonchev–Trinajstić information content (AvgIpc) is 2.74. The van der Waals surface area contributed by atoms with Gasteiger partial charge in [-0.2, -0.15) is 5.10 Å². The minimum absolute atomic E-state index is 0.308. The molecule has 0 aromatic carbocycles. The monoisotopic (exact) mass is 231 g/mol. The van der Waals surface area contributed by atoms with Gasteiger partial charge in [-0.1, -0.05) is 0 Å². The molecule has 1 N–H and O–H groups in total. The molecule has 2 rings (SSSR count). The van der Waals surface area contributed by atoms with Crippen LogP contribution in [-0.4, -0.2) is 26.0 Å². The molecule has 0 fully saturated rings. The first-order chi connectivity index (χ1) is 8.24. The molecule has 1 atom stereocenters. The van der Waals surface area contributed by atoms with Crippen molar-refractivity contribution in [3.63, 3.8) is 0 Å². The molecule has 1 unspecified atom stereocenters. The van der Waals surface area contributed by atoms with Gasteiger partial charge in [-0.3, -0.25) is 9.67 Å². The van der Waals surface area contributed by atoms with Crippen molar-refractivity contribution in [2.45, 2.75) is 25.4 Å². The standard InChI is InChI=1S/C13H17N3O/c1-16-10-12(9-15-16)2-3-13(17)8-11-4-6-14-7-5-11/h4-7,9-10,13,17H,2-3,8H2,1H3. The molecule has 0 aliphatic heterocycles. The van der Waals surface area contributed by atoms with Crippen molar-refractivity contribution < 1.29 is 5.11 Å². The number of aromatic nitrogens is 3. The summed E-state index contributed by atoms with van der Waals surface area (Å²) in [5.41, 5.74) is 2.29. The van der Waals surface area contributed by atoms with Gasteiger partial charge in [0.25, 0.3) is 0 Å². The van der Waals surface area contributed by atoms with Crippen molar-refractivity contribution in [1.82, 2.24) is 14.8 Å². The van der Waals surface area contributed by atoms with Crippen LogP contribution in [0.15, 0.2) is 36.9 Å². The minimum atomic E-state index is -0.308. The highest BCUT2D eigenvalue weighted by Crippen LogP contribution is 2.08. The Bertz CT molecular complexity index is 453. The number of aliphatic hydroxyl groups is 1. The van der Waals surface area contributed by atoms with Crippen molar-refractivity contribution in [3.8, 4) is 0 Å². The molecule has 0 saturated carbocycles. The Morgan fingerprint density at radius 3 is 2.71 bits per heavy atom. The summed E-state index contributed by atoms with van der Waals surface area (Å²) in [5.74, 6) is 0. The molecule has 0 bridgehead atoms. The van der Waals surface area contributed by atoms with E-state index in [1.165, 1.54) is 5.56 Å². The molecule has 0 amide bonds. The van der Waals surface area contributed by atoms with Gasteiger partial charge in [0, 0.05) is 25.6 Å². The number of rotatable bonds is 5. The van der Waals surface area contributed by atoms with Gasteiger partial charge in [-0.25, -0.2) is 0 Å². The van der Waals surface area contributed by atoms with Crippen LogP contribution in [-0.2, 0) is 19.9 Å². The number of aliphatic hydroxyl groups excluding tert-OH is 1. The van der Waals surface area contributed by atoms with E-state index in [9.17, 15) is 5.11 Å². The van der Waals surface area contributed by atoms with Gasteiger partial charge in [-0.15, -0.1) is 0 Å². The molecule has 90 valence electrons. The highest BCUT2D eigenvalue weighted by atomic mass is 16.3. The van der Waals surface area contributed by atoms with E-state index in [-0.39, 0.29) is 6.10 Å². The topological polar surface area (TPSA) is 50.9 Å². The second kappa shape index (κ2) is 5.59. The molecule has 4 nitrogen and oxygen atoms in total. The number of hydrogen-bond acceptors (Lipinski definition) is 3. The van der Waals surface area contributed by atoms with E-state index in [4.69, 9.17) is 0 Å². The summed E-state index contributed by atoms with van der Waals surface area (Å²) in [4.78, 5) is 3.96. The zero-order chi connectivity index (χ0) is 12.1. The Kier molecular flexibility index (Phi) is 3.88. The van der Waals surface area contributed by atoms with Crippen molar-refractivity contribution in [1.29, 1.82) is 0 Å². The van der Waals surface area contributed by atoms with E-state index in [0.29, 0.717) is 6.42 Å². The fourth-order valence-corrected chi connectivity index (χ4v) is 1.83. The molecule has 0 saturated heterocycles. The highest BCUT2D eigenvalue weighted by molar-refractivity contribution is 5.11. The first kappa shape index (κ1) is 11.8. The largest absolute Gasteiger partial charge is 0.393 e. The van der Waals surface area contributed by atoms with Crippen LogP contribution in [0.5, 0.6) is 0 Å². The Balaban J connectivity index is 1.80. The van der Waals surface area contributed by atoms with Gasteiger partial charge in [0.2, 0.25) is 0 Å². The van der Waals surface area contributed by atoms with Crippen LogP contribution in [0, 0.1) is 0 Å². The van der Waals surface area contributed by atoms with Crippen LogP contribution in [0.1, 0.15) is 17.5 Å². The molecule has 4 heteroatoms. The van der Waals surface area contributed by atoms with Gasteiger partial charge < -0.3 is 5.11 Å². The van der Waals surface area contributed by atoms with Crippen LogP contribution < -0.4 is 0 Å². The molecular formula is C13H17N3O. The lowest BCUT2D eigenvalue weighted by Gasteiger charge is -2.09. The predicted molar refractivity (Wildman–Crippen MR) is 65.5 cm³/mol. The smallest absolute Gasteiger partial charge is 0.0583 e. The molecule has 2 heterocycles. The van der Waals surface area contributed by atoms with Crippen molar-refractivity contribution in [2.75, 3.05) is 0 Å². The normalized spacial score (nSPS) is 12.6. The van der Waals surface area contributed by atoms with E-state index in [1.54, 1.807) is 17.1 Å². The first-order valence-electron chi connectivity index (χ1n) is 5.78. The third-order valence-electron chi connectivity index (χ3n) is 2.75. The first-order valence-corrected chi connectivity index (χ1v) is 5.78. The molecule has 0 radical (unpaired) electrons. The Morgan fingerprint density at radius 1 is 1.29 bits per heavy atom. The summed E-state index contributed by atoms with van der Waals surface area (Å²) in [5, 5.41) is 14.0. The highest BCUT2D eigenvalue weighted by Gasteiger charge is 2.06. The second-order valence-corrected chi connectivity index (χ2v) is 4.27. The number of pyridine rings is 1. The maximum absolute atomic E-state index is 9.92. The number of hydrogen-bond donors (Lipinski definition) is 1. The van der Waals surface area contributed by atoms with E-state index < -0.39 is 0 Å². The third kappa shape index (κ3) is 3.67. The van der Waals surface area contributed by atoms with E-state index in [1.807, 2.05) is 31.6 Å². The maximum atomic E-state index is 9.92. The van der Waals surface area contributed by atoms with E-state index >= 15 is 0 Å². The Hall–Kier alpha value is -1.68. The van der Waals surface area contributed by atoms with Crippen LogP contribution in [0.4, 0.5) is 0 Å². The van der Waals surface area contributed by atoms with Gasteiger partial charge in [0.05, 0.1) is 12.3 Å². The fourth-order valence-electron chi connectivity index (χ4n) is 1.83. The van der Waals surface area contributed by atoms with Crippen LogP contribution in [0.3, 0.4) is 0 Å². The second-order valence-electron chi connectivity index (χ2n) is 4.27. The van der Waals surface area contributed by atoms with Gasteiger partial charge in [-0.05, 0) is 42.5 Å². The lowest BCUT2D eigenvalue weighted by molar-refractivity contribution is 0.165. The maximum Gasteiger partial charge on any atom is 0.0583 e. The molecule has 0 aliphatic rings. The van der Waals surface area contributed by atoms with E-state index in [0.717, 1.165) is 18.4 Å². The molecule has 0 aliphatic carbocycles. The SMILES string of the molecule is Cn1cc(CCC(O)Cc2ccncc2)cn1. The lowest BCUT2D eigenvalue weighted by Crippen LogP contribution is -2.11. The van der Waals surface area contributed by atoms with Gasteiger partial charge in [0.15, 0.2) is 0 Å². The van der Waals surface area contributed by atoms with E-state index in [2.05, 4.69) is 10.1 Å². The van der Waals surface area contributed by atoms with Crippen LogP contribution >= 0.6 is 0 Å². The van der Waals surface area contributed by atoms with Crippen LogP contribution in [0.2, 0.25) is 0 Å². The quantitative estimate of drug-likeness (QED) is 0.845. The third-order valence-corrected chi connectivity index (χ3v) is 2.75. The van der Waals surface area contributed by atoms with Crippen molar-refractivity contribution in [3.05, 3.63) is 48.0 Å². The lowest BCUT2D eigenvalue weighted by atomic mass is 10.0. The molecule has 0 spiro atoms.